The lowest BCUT2D eigenvalue weighted by atomic mass is 10.0. The normalized spacial score (nSPS) is 11.4. The van der Waals surface area contributed by atoms with Crippen molar-refractivity contribution in [3.05, 3.63) is 78.8 Å². The number of benzene rings is 1. The lowest BCUT2D eigenvalue weighted by Gasteiger charge is -2.06. The Bertz CT molecular complexity index is 1260. The van der Waals surface area contributed by atoms with Gasteiger partial charge in [-0.25, -0.2) is 9.66 Å². The zero-order chi connectivity index (χ0) is 19.7. The van der Waals surface area contributed by atoms with Gasteiger partial charge in [0.25, 0.3) is 11.5 Å². The number of nitrogens with zero attached hydrogens (tertiary/aromatic N) is 2. The van der Waals surface area contributed by atoms with Gasteiger partial charge in [0.15, 0.2) is 0 Å². The molecule has 0 saturated heterocycles. The third kappa shape index (κ3) is 3.71. The minimum atomic E-state index is -0.402. The molecule has 0 aliphatic heterocycles. The van der Waals surface area contributed by atoms with E-state index in [4.69, 9.17) is 0 Å². The molecule has 0 spiro atoms. The van der Waals surface area contributed by atoms with Gasteiger partial charge in [0, 0.05) is 21.4 Å². The number of fused-ring (bicyclic) bond motifs is 1. The van der Waals surface area contributed by atoms with Gasteiger partial charge in [-0.3, -0.25) is 15.0 Å². The summed E-state index contributed by atoms with van der Waals surface area (Å²) in [6.07, 6.45) is 4.45. The topological polar surface area (TPSA) is 64.0 Å². The molecule has 0 unspecified atom stereocenters. The molecular formula is C20H14BrN3O2S2. The number of nitrogens with one attached hydrogen (secondary N) is 1. The number of carbonyl (C=O) groups is 1. The number of thiophene rings is 2. The molecule has 0 atom stereocenters. The van der Waals surface area contributed by atoms with Gasteiger partial charge in [-0.15, -0.1) is 22.7 Å². The van der Waals surface area contributed by atoms with E-state index in [1.807, 2.05) is 49.4 Å². The Balaban J connectivity index is 1.69. The standard InChI is InChI=1S/C20H14BrN3O2S2/c1-12-17(13-5-3-2-4-6-13)18-19(27-12)22-11-24(20(18)26)23-16(25)10-8-14-7-9-15(21)28-14/h2-11H,1H3,(H,23,25)/b10-8+. The molecule has 0 radical (unpaired) electrons. The fourth-order valence-electron chi connectivity index (χ4n) is 2.87. The van der Waals surface area contributed by atoms with Gasteiger partial charge < -0.3 is 0 Å². The summed E-state index contributed by atoms with van der Waals surface area (Å²) in [5, 5.41) is 0.516. The number of amides is 1. The molecule has 0 fully saturated rings. The highest BCUT2D eigenvalue weighted by Crippen LogP contribution is 2.35. The van der Waals surface area contributed by atoms with Gasteiger partial charge in [-0.2, -0.15) is 0 Å². The zero-order valence-corrected chi connectivity index (χ0v) is 17.9. The lowest BCUT2D eigenvalue weighted by Crippen LogP contribution is -2.32. The quantitative estimate of drug-likeness (QED) is 0.424. The van der Waals surface area contributed by atoms with E-state index in [0.717, 1.165) is 29.3 Å². The number of aryl methyl sites for hydroxylation is 1. The number of aromatic nitrogens is 2. The summed E-state index contributed by atoms with van der Waals surface area (Å²) < 4.78 is 2.12. The van der Waals surface area contributed by atoms with Crippen molar-refractivity contribution >= 4 is 60.8 Å². The molecule has 28 heavy (non-hydrogen) atoms. The van der Waals surface area contributed by atoms with Crippen LogP contribution in [-0.2, 0) is 4.79 Å². The third-order valence-electron chi connectivity index (χ3n) is 4.07. The third-order valence-corrected chi connectivity index (χ3v) is 6.68. The van der Waals surface area contributed by atoms with Crippen molar-refractivity contribution in [2.45, 2.75) is 6.92 Å². The van der Waals surface area contributed by atoms with Crippen LogP contribution in [0.15, 0.2) is 63.4 Å². The van der Waals surface area contributed by atoms with E-state index in [-0.39, 0.29) is 5.56 Å². The van der Waals surface area contributed by atoms with Crippen LogP contribution in [0.4, 0.5) is 0 Å². The smallest absolute Gasteiger partial charge is 0.268 e. The fourth-order valence-corrected chi connectivity index (χ4v) is 5.20. The maximum Gasteiger partial charge on any atom is 0.281 e. The maximum absolute atomic E-state index is 13.0. The first kappa shape index (κ1) is 18.8. The molecular weight excluding hydrogens is 458 g/mol. The first-order valence-corrected chi connectivity index (χ1v) is 10.8. The summed E-state index contributed by atoms with van der Waals surface area (Å²) in [5.74, 6) is -0.402. The van der Waals surface area contributed by atoms with Crippen molar-refractivity contribution in [3.63, 3.8) is 0 Å². The number of rotatable bonds is 4. The summed E-state index contributed by atoms with van der Waals surface area (Å²) in [4.78, 5) is 32.3. The number of hydrogen-bond donors (Lipinski definition) is 1. The predicted octanol–water partition coefficient (Wildman–Crippen LogP) is 5.04. The van der Waals surface area contributed by atoms with Crippen LogP contribution in [0.25, 0.3) is 27.4 Å². The molecule has 3 aromatic heterocycles. The van der Waals surface area contributed by atoms with Crippen molar-refractivity contribution in [2.75, 3.05) is 5.43 Å². The predicted molar refractivity (Wildman–Crippen MR) is 119 cm³/mol. The van der Waals surface area contributed by atoms with Crippen LogP contribution in [0.5, 0.6) is 0 Å². The number of carbonyl (C=O) groups excluding carboxylic acids is 1. The van der Waals surface area contributed by atoms with Gasteiger partial charge in [0.1, 0.15) is 11.2 Å². The minimum absolute atomic E-state index is 0.297. The van der Waals surface area contributed by atoms with Crippen molar-refractivity contribution in [3.8, 4) is 11.1 Å². The summed E-state index contributed by atoms with van der Waals surface area (Å²) >= 11 is 6.37. The SMILES string of the molecule is Cc1sc2ncn(NC(=O)/C=C/c3ccc(Br)s3)c(=O)c2c1-c1ccccc1. The molecule has 1 aromatic carbocycles. The molecule has 5 nitrogen and oxygen atoms in total. The van der Waals surface area contributed by atoms with Crippen LogP contribution in [0, 0.1) is 6.92 Å². The monoisotopic (exact) mass is 471 g/mol. The average molecular weight is 472 g/mol. The minimum Gasteiger partial charge on any atom is -0.268 e. The Morgan fingerprint density at radius 2 is 1.96 bits per heavy atom. The van der Waals surface area contributed by atoms with Crippen LogP contribution >= 0.6 is 38.6 Å². The summed E-state index contributed by atoms with van der Waals surface area (Å²) in [5.41, 5.74) is 4.10. The Labute approximate surface area is 177 Å². The van der Waals surface area contributed by atoms with Gasteiger partial charge in [0.2, 0.25) is 0 Å². The molecule has 3 heterocycles. The zero-order valence-electron chi connectivity index (χ0n) is 14.7. The molecule has 0 aliphatic rings. The highest BCUT2D eigenvalue weighted by atomic mass is 79.9. The highest BCUT2D eigenvalue weighted by Gasteiger charge is 2.17. The Morgan fingerprint density at radius 1 is 1.18 bits per heavy atom. The van der Waals surface area contributed by atoms with E-state index < -0.39 is 5.91 Å². The van der Waals surface area contributed by atoms with Crippen molar-refractivity contribution in [2.24, 2.45) is 0 Å². The molecule has 0 saturated carbocycles. The van der Waals surface area contributed by atoms with E-state index in [0.29, 0.717) is 10.2 Å². The first-order valence-electron chi connectivity index (χ1n) is 8.33. The van der Waals surface area contributed by atoms with Gasteiger partial charge in [-0.1, -0.05) is 30.3 Å². The van der Waals surface area contributed by atoms with Gasteiger partial charge in [0.05, 0.1) is 9.17 Å². The van der Waals surface area contributed by atoms with Crippen molar-refractivity contribution < 1.29 is 4.79 Å². The van der Waals surface area contributed by atoms with Crippen molar-refractivity contribution in [1.82, 2.24) is 9.66 Å². The molecule has 1 amide bonds. The second-order valence-electron chi connectivity index (χ2n) is 5.95. The van der Waals surface area contributed by atoms with E-state index in [1.165, 1.54) is 35.1 Å². The largest absolute Gasteiger partial charge is 0.281 e. The van der Waals surface area contributed by atoms with E-state index in [1.54, 1.807) is 6.08 Å². The second-order valence-corrected chi connectivity index (χ2v) is 9.65. The van der Waals surface area contributed by atoms with Crippen LogP contribution in [0.3, 0.4) is 0 Å². The molecule has 4 rings (SSSR count). The fraction of sp³-hybridized carbons (Fsp3) is 0.0500. The molecule has 0 bridgehead atoms. The molecule has 8 heteroatoms. The summed E-state index contributed by atoms with van der Waals surface area (Å²) in [7, 11) is 0. The highest BCUT2D eigenvalue weighted by molar-refractivity contribution is 9.11. The number of hydrogen-bond acceptors (Lipinski definition) is 5. The van der Waals surface area contributed by atoms with Crippen LogP contribution in [0.1, 0.15) is 9.75 Å². The van der Waals surface area contributed by atoms with Crippen LogP contribution in [0.2, 0.25) is 0 Å². The second kappa shape index (κ2) is 7.83. The summed E-state index contributed by atoms with van der Waals surface area (Å²) in [6, 6.07) is 13.5. The molecule has 1 N–H and O–H groups in total. The van der Waals surface area contributed by atoms with Crippen LogP contribution in [-0.4, -0.2) is 15.6 Å². The van der Waals surface area contributed by atoms with E-state index >= 15 is 0 Å². The maximum atomic E-state index is 13.0. The average Bonchev–Trinajstić information content (AvgIpc) is 3.26. The first-order chi connectivity index (χ1) is 13.5. The van der Waals surface area contributed by atoms with E-state index in [2.05, 4.69) is 26.3 Å². The lowest BCUT2D eigenvalue weighted by molar-refractivity contribution is -0.112. The molecule has 4 aromatic rings. The Kier molecular flexibility index (Phi) is 5.25. The molecule has 140 valence electrons. The van der Waals surface area contributed by atoms with E-state index in [9.17, 15) is 9.59 Å². The summed E-state index contributed by atoms with van der Waals surface area (Å²) in [6.45, 7) is 1.97. The molecule has 0 aliphatic carbocycles. The van der Waals surface area contributed by atoms with Crippen LogP contribution < -0.4 is 11.0 Å². The number of halogens is 1. The van der Waals surface area contributed by atoms with Gasteiger partial charge >= 0.3 is 0 Å². The Morgan fingerprint density at radius 3 is 2.68 bits per heavy atom. The van der Waals surface area contributed by atoms with Gasteiger partial charge in [-0.05, 0) is 46.6 Å². The Hall–Kier alpha value is -2.55. The van der Waals surface area contributed by atoms with Crippen molar-refractivity contribution in [1.29, 1.82) is 0 Å².